The predicted molar refractivity (Wildman–Crippen MR) is 66.6 cm³/mol. The zero-order valence-electron chi connectivity index (χ0n) is 10.8. The smallest absolute Gasteiger partial charge is 0.316 e. The van der Waals surface area contributed by atoms with E-state index in [-0.39, 0.29) is 6.03 Å². The summed E-state index contributed by atoms with van der Waals surface area (Å²) in [5.74, 6) is 0. The first-order valence-electron chi connectivity index (χ1n) is 6.30. The van der Waals surface area contributed by atoms with E-state index in [1.165, 1.54) is 25.8 Å². The topological polar surface area (TPSA) is 35.6 Å². The average Bonchev–Trinajstić information content (AvgIpc) is 2.26. The van der Waals surface area contributed by atoms with Crippen molar-refractivity contribution >= 4 is 6.03 Å². The minimum Gasteiger partial charge on any atom is -0.338 e. The Kier molecular flexibility index (Phi) is 5.60. The van der Waals surface area contributed by atoms with Crippen molar-refractivity contribution in [1.29, 1.82) is 0 Å². The molecule has 0 saturated carbocycles. The number of hydrogen-bond donors (Lipinski definition) is 1. The maximum Gasteiger partial charge on any atom is 0.316 e. The Morgan fingerprint density at radius 2 is 2.19 bits per heavy atom. The molecule has 0 bridgehead atoms. The molecule has 1 aliphatic rings. The lowest BCUT2D eigenvalue weighted by Crippen LogP contribution is -2.40. The zero-order chi connectivity index (χ0) is 12.0. The van der Waals surface area contributed by atoms with E-state index >= 15 is 0 Å². The number of urea groups is 1. The number of likely N-dealkylation sites (tertiary alicyclic amines) is 1. The molecule has 0 spiro atoms. The van der Waals surface area contributed by atoms with E-state index in [4.69, 9.17) is 0 Å². The monoisotopic (exact) mass is 227 g/mol. The molecule has 1 heterocycles. The third kappa shape index (κ3) is 4.39. The maximum atomic E-state index is 11.3. The van der Waals surface area contributed by atoms with Gasteiger partial charge in [0, 0.05) is 33.2 Å². The van der Waals surface area contributed by atoms with Gasteiger partial charge in [0.2, 0.25) is 0 Å². The van der Waals surface area contributed by atoms with Gasteiger partial charge in [-0.3, -0.25) is 0 Å². The highest BCUT2D eigenvalue weighted by Gasteiger charge is 2.17. The van der Waals surface area contributed by atoms with E-state index < -0.39 is 0 Å². The Morgan fingerprint density at radius 1 is 1.44 bits per heavy atom. The number of rotatable bonds is 4. The van der Waals surface area contributed by atoms with Crippen LogP contribution < -0.4 is 5.32 Å². The molecule has 0 radical (unpaired) electrons. The van der Waals surface area contributed by atoms with Gasteiger partial charge in [-0.05, 0) is 32.7 Å². The van der Waals surface area contributed by atoms with Crippen LogP contribution in [0.5, 0.6) is 0 Å². The first kappa shape index (κ1) is 13.3. The third-order valence-corrected chi connectivity index (χ3v) is 3.25. The summed E-state index contributed by atoms with van der Waals surface area (Å²) in [4.78, 5) is 15.4. The summed E-state index contributed by atoms with van der Waals surface area (Å²) in [5, 5.41) is 2.90. The molecule has 1 rings (SSSR count). The number of nitrogens with one attached hydrogen (secondary N) is 1. The number of amides is 2. The second kappa shape index (κ2) is 6.74. The lowest BCUT2D eigenvalue weighted by molar-refractivity contribution is 0.158. The molecule has 1 N–H and O–H groups in total. The number of hydrogen-bond acceptors (Lipinski definition) is 2. The van der Waals surface area contributed by atoms with E-state index in [2.05, 4.69) is 17.1 Å². The highest BCUT2D eigenvalue weighted by atomic mass is 16.2. The van der Waals surface area contributed by atoms with E-state index in [0.717, 1.165) is 25.6 Å². The molecular formula is C12H25N3O. The van der Waals surface area contributed by atoms with Crippen LogP contribution in [0.3, 0.4) is 0 Å². The molecule has 1 atom stereocenters. The second-order valence-electron chi connectivity index (χ2n) is 4.86. The molecule has 1 unspecified atom stereocenters. The standard InChI is InChI=1S/C12H25N3O/c1-11-7-4-5-9-15(11)10-6-8-13-12(16)14(2)3/h11H,4-10H2,1-3H3,(H,13,16). The largest absolute Gasteiger partial charge is 0.338 e. The Balaban J connectivity index is 2.08. The van der Waals surface area contributed by atoms with E-state index in [1.54, 1.807) is 19.0 Å². The van der Waals surface area contributed by atoms with Crippen LogP contribution in [-0.4, -0.2) is 55.6 Å². The molecule has 0 aromatic rings. The highest BCUT2D eigenvalue weighted by Crippen LogP contribution is 2.15. The van der Waals surface area contributed by atoms with Crippen molar-refractivity contribution < 1.29 is 4.79 Å². The van der Waals surface area contributed by atoms with Crippen LogP contribution in [0.25, 0.3) is 0 Å². The normalized spacial score (nSPS) is 21.8. The van der Waals surface area contributed by atoms with Crippen LogP contribution in [0.15, 0.2) is 0 Å². The van der Waals surface area contributed by atoms with Gasteiger partial charge in [0.25, 0.3) is 0 Å². The van der Waals surface area contributed by atoms with Gasteiger partial charge in [0.15, 0.2) is 0 Å². The molecule has 94 valence electrons. The van der Waals surface area contributed by atoms with Gasteiger partial charge >= 0.3 is 6.03 Å². The molecule has 0 aromatic heterocycles. The number of carbonyl (C=O) groups is 1. The molecule has 4 nitrogen and oxygen atoms in total. The summed E-state index contributed by atoms with van der Waals surface area (Å²) in [7, 11) is 3.53. The minimum atomic E-state index is 0.00620. The van der Waals surface area contributed by atoms with E-state index in [0.29, 0.717) is 0 Å². The quantitative estimate of drug-likeness (QED) is 0.739. The predicted octanol–water partition coefficient (Wildman–Crippen LogP) is 1.52. The van der Waals surface area contributed by atoms with Crippen molar-refractivity contribution in [2.75, 3.05) is 33.7 Å². The van der Waals surface area contributed by atoms with Crippen molar-refractivity contribution in [2.45, 2.75) is 38.6 Å². The summed E-state index contributed by atoms with van der Waals surface area (Å²) in [6.07, 6.45) is 5.07. The van der Waals surface area contributed by atoms with Crippen LogP contribution in [0.4, 0.5) is 4.79 Å². The first-order valence-corrected chi connectivity index (χ1v) is 6.30. The first-order chi connectivity index (χ1) is 7.61. The lowest BCUT2D eigenvalue weighted by Gasteiger charge is -2.33. The summed E-state index contributed by atoms with van der Waals surface area (Å²) >= 11 is 0. The van der Waals surface area contributed by atoms with Crippen LogP contribution >= 0.6 is 0 Å². The van der Waals surface area contributed by atoms with Crippen molar-refractivity contribution in [3.05, 3.63) is 0 Å². The van der Waals surface area contributed by atoms with Crippen LogP contribution in [0.2, 0.25) is 0 Å². The van der Waals surface area contributed by atoms with Gasteiger partial charge in [-0.1, -0.05) is 6.42 Å². The summed E-state index contributed by atoms with van der Waals surface area (Å²) in [6, 6.07) is 0.727. The van der Waals surface area contributed by atoms with Crippen molar-refractivity contribution in [1.82, 2.24) is 15.1 Å². The molecule has 1 saturated heterocycles. The lowest BCUT2D eigenvalue weighted by atomic mass is 10.0. The molecule has 0 aliphatic carbocycles. The number of piperidine rings is 1. The Hall–Kier alpha value is -0.770. The van der Waals surface area contributed by atoms with Gasteiger partial charge in [-0.15, -0.1) is 0 Å². The number of carbonyl (C=O) groups excluding carboxylic acids is 1. The van der Waals surface area contributed by atoms with Crippen LogP contribution in [0.1, 0.15) is 32.6 Å². The molecule has 0 aromatic carbocycles. The van der Waals surface area contributed by atoms with Crippen LogP contribution in [0, 0.1) is 0 Å². The molecule has 2 amide bonds. The van der Waals surface area contributed by atoms with E-state index in [9.17, 15) is 4.79 Å². The summed E-state index contributed by atoms with van der Waals surface area (Å²) in [6.45, 7) is 5.41. The molecule has 16 heavy (non-hydrogen) atoms. The van der Waals surface area contributed by atoms with E-state index in [1.807, 2.05) is 0 Å². The van der Waals surface area contributed by atoms with Gasteiger partial charge in [-0.2, -0.15) is 0 Å². The fourth-order valence-corrected chi connectivity index (χ4v) is 2.13. The van der Waals surface area contributed by atoms with Crippen molar-refractivity contribution in [3.63, 3.8) is 0 Å². The fraction of sp³-hybridized carbons (Fsp3) is 0.917. The van der Waals surface area contributed by atoms with Crippen LogP contribution in [-0.2, 0) is 0 Å². The molecule has 1 fully saturated rings. The van der Waals surface area contributed by atoms with Gasteiger partial charge in [0.1, 0.15) is 0 Å². The third-order valence-electron chi connectivity index (χ3n) is 3.25. The fourth-order valence-electron chi connectivity index (χ4n) is 2.13. The van der Waals surface area contributed by atoms with Gasteiger partial charge < -0.3 is 15.1 Å². The average molecular weight is 227 g/mol. The Morgan fingerprint density at radius 3 is 2.81 bits per heavy atom. The Bertz CT molecular complexity index is 218. The Labute approximate surface area is 99.0 Å². The second-order valence-corrected chi connectivity index (χ2v) is 4.86. The zero-order valence-corrected chi connectivity index (χ0v) is 10.8. The van der Waals surface area contributed by atoms with Gasteiger partial charge in [-0.25, -0.2) is 4.79 Å². The van der Waals surface area contributed by atoms with Crippen molar-refractivity contribution in [3.8, 4) is 0 Å². The highest BCUT2D eigenvalue weighted by molar-refractivity contribution is 5.73. The van der Waals surface area contributed by atoms with Gasteiger partial charge in [0.05, 0.1) is 0 Å². The summed E-state index contributed by atoms with van der Waals surface area (Å²) < 4.78 is 0. The number of nitrogens with zero attached hydrogens (tertiary/aromatic N) is 2. The minimum absolute atomic E-state index is 0.00620. The molecule has 1 aliphatic heterocycles. The molecule has 4 heteroatoms. The SMILES string of the molecule is CC1CCCCN1CCCNC(=O)N(C)C. The summed E-state index contributed by atoms with van der Waals surface area (Å²) in [5.41, 5.74) is 0. The van der Waals surface area contributed by atoms with Crippen molar-refractivity contribution in [2.24, 2.45) is 0 Å². The maximum absolute atomic E-state index is 11.3. The molecular weight excluding hydrogens is 202 g/mol.